The van der Waals surface area contributed by atoms with E-state index in [0.29, 0.717) is 30.6 Å². The zero-order chi connectivity index (χ0) is 15.4. The summed E-state index contributed by atoms with van der Waals surface area (Å²) in [6, 6.07) is 0. The second kappa shape index (κ2) is 7.53. The lowest BCUT2D eigenvalue weighted by atomic mass is 9.59. The largest absolute Gasteiger partial charge is 1.00 e. The predicted molar refractivity (Wildman–Crippen MR) is 81.5 cm³/mol. The molecule has 1 heterocycles. The molecule has 4 fully saturated rings. The highest BCUT2D eigenvalue weighted by Crippen LogP contribution is 2.50. The average Bonchev–Trinajstić information content (AvgIpc) is 2.65. The molecule has 0 aromatic heterocycles. The van der Waals surface area contributed by atoms with Crippen LogP contribution < -0.4 is 48.0 Å². The average molecular weight is 548 g/mol. The Balaban J connectivity index is 0.00000132. The molecule has 23 heavy (non-hydrogen) atoms. The Morgan fingerprint density at radius 2 is 1.52 bits per heavy atom. The van der Waals surface area contributed by atoms with Gasteiger partial charge in [0.25, 0.3) is 0 Å². The van der Waals surface area contributed by atoms with Crippen molar-refractivity contribution in [2.24, 2.45) is 23.7 Å². The highest BCUT2D eigenvalue weighted by atomic mass is 127. The van der Waals surface area contributed by atoms with Crippen molar-refractivity contribution >= 4 is 11.6 Å². The SMILES string of the molecule is C[N+](C)(C)CCC[N+]1(C)CC2C3CC(=O)C(C(=O)C3)C2C1.[I-].[I-]. The van der Waals surface area contributed by atoms with Crippen LogP contribution >= 0.6 is 0 Å². The first-order valence-electron chi connectivity index (χ1n) is 8.38. The fraction of sp³-hybridized carbons (Fsp3) is 0.882. The van der Waals surface area contributed by atoms with Crippen LogP contribution in [0.15, 0.2) is 0 Å². The number of quaternary nitrogens is 2. The van der Waals surface area contributed by atoms with Crippen molar-refractivity contribution in [3.8, 4) is 0 Å². The zero-order valence-electron chi connectivity index (χ0n) is 14.7. The van der Waals surface area contributed by atoms with Crippen LogP contribution in [0.1, 0.15) is 19.3 Å². The van der Waals surface area contributed by atoms with E-state index in [1.54, 1.807) is 0 Å². The van der Waals surface area contributed by atoms with E-state index in [9.17, 15) is 9.59 Å². The number of ketones is 2. The van der Waals surface area contributed by atoms with Gasteiger partial charge in [-0.15, -0.1) is 0 Å². The summed E-state index contributed by atoms with van der Waals surface area (Å²) in [5.41, 5.74) is 0. The second-order valence-corrected chi connectivity index (χ2v) is 8.98. The molecule has 1 saturated heterocycles. The number of halogens is 2. The summed E-state index contributed by atoms with van der Waals surface area (Å²) >= 11 is 0. The summed E-state index contributed by atoms with van der Waals surface area (Å²) in [7, 11) is 9.05. The molecule has 3 unspecified atom stereocenters. The highest BCUT2D eigenvalue weighted by molar-refractivity contribution is 6.06. The first kappa shape index (κ1) is 21.8. The first-order chi connectivity index (χ1) is 9.69. The molecule has 3 aliphatic carbocycles. The molecule has 4 nitrogen and oxygen atoms in total. The van der Waals surface area contributed by atoms with Crippen LogP contribution in [0.25, 0.3) is 0 Å². The van der Waals surface area contributed by atoms with Gasteiger partial charge in [0.15, 0.2) is 0 Å². The van der Waals surface area contributed by atoms with Crippen LogP contribution in [0.3, 0.4) is 0 Å². The van der Waals surface area contributed by atoms with Gasteiger partial charge in [-0.1, -0.05) is 0 Å². The van der Waals surface area contributed by atoms with Gasteiger partial charge < -0.3 is 56.9 Å². The second-order valence-electron chi connectivity index (χ2n) is 8.98. The van der Waals surface area contributed by atoms with E-state index in [0.717, 1.165) is 15.5 Å². The minimum absolute atomic E-state index is 0. The van der Waals surface area contributed by atoms with Crippen LogP contribution in [-0.2, 0) is 9.59 Å². The van der Waals surface area contributed by atoms with Gasteiger partial charge in [-0.3, -0.25) is 9.59 Å². The summed E-state index contributed by atoms with van der Waals surface area (Å²) in [4.78, 5) is 24.3. The van der Waals surface area contributed by atoms with E-state index >= 15 is 0 Å². The maximum absolute atomic E-state index is 12.1. The number of carbonyl (C=O) groups excluding carboxylic acids is 2. The normalized spacial score (nSPS) is 38.8. The molecule has 4 aliphatic rings. The lowest BCUT2D eigenvalue weighted by molar-refractivity contribution is -0.909. The van der Waals surface area contributed by atoms with E-state index in [1.165, 1.54) is 26.1 Å². The number of hydrogen-bond acceptors (Lipinski definition) is 2. The van der Waals surface area contributed by atoms with Crippen LogP contribution in [0, 0.1) is 23.7 Å². The number of fused-ring (bicyclic) bond motifs is 2. The van der Waals surface area contributed by atoms with Crippen molar-refractivity contribution in [3.63, 3.8) is 0 Å². The Kier molecular flexibility index (Phi) is 7.13. The summed E-state index contributed by atoms with van der Waals surface area (Å²) in [5, 5.41) is 0. The van der Waals surface area contributed by atoms with Crippen LogP contribution in [0.5, 0.6) is 0 Å². The van der Waals surface area contributed by atoms with Gasteiger partial charge in [0.2, 0.25) is 0 Å². The molecule has 134 valence electrons. The van der Waals surface area contributed by atoms with Crippen molar-refractivity contribution in [2.45, 2.75) is 19.3 Å². The van der Waals surface area contributed by atoms with E-state index in [-0.39, 0.29) is 65.4 Å². The molecular weight excluding hydrogens is 518 g/mol. The minimum atomic E-state index is -0.238. The van der Waals surface area contributed by atoms with E-state index in [4.69, 9.17) is 0 Å². The lowest BCUT2D eigenvalue weighted by Crippen LogP contribution is -3.00. The van der Waals surface area contributed by atoms with Gasteiger partial charge in [0.05, 0.1) is 60.3 Å². The zero-order valence-corrected chi connectivity index (χ0v) is 19.0. The standard InChI is InChI=1S/C17H30N2O2.2HI/c1-18(2,3)6-5-7-19(4)10-13-12-8-15(20)17(14(13)11-19)16(21)9-12;;/h12-14,17H,5-11H2,1-4H3;2*1H/q+2;;/p-2. The molecule has 0 radical (unpaired) electrons. The number of Topliss-reactive ketones (excluding diaryl/α,β-unsaturated/α-hetero) is 2. The molecule has 4 rings (SSSR count). The fourth-order valence-corrected chi connectivity index (χ4v) is 5.13. The maximum atomic E-state index is 12.1. The minimum Gasteiger partial charge on any atom is -1.00 e. The fourth-order valence-electron chi connectivity index (χ4n) is 5.13. The number of carbonyl (C=O) groups is 2. The van der Waals surface area contributed by atoms with Crippen molar-refractivity contribution < 1.29 is 66.5 Å². The molecule has 0 spiro atoms. The molecule has 0 aromatic rings. The molecule has 2 bridgehead atoms. The van der Waals surface area contributed by atoms with E-state index < -0.39 is 0 Å². The third kappa shape index (κ3) is 4.47. The molecule has 0 amide bonds. The maximum Gasteiger partial charge on any atom is 0.144 e. The van der Waals surface area contributed by atoms with E-state index in [2.05, 4.69) is 28.2 Å². The molecular formula is C17H30I2N2O2. The Morgan fingerprint density at radius 3 is 2.04 bits per heavy atom. The monoisotopic (exact) mass is 548 g/mol. The third-order valence-electron chi connectivity index (χ3n) is 6.03. The summed E-state index contributed by atoms with van der Waals surface area (Å²) in [5.74, 6) is 1.59. The summed E-state index contributed by atoms with van der Waals surface area (Å²) < 4.78 is 2.08. The van der Waals surface area contributed by atoms with Crippen molar-refractivity contribution in [2.75, 3.05) is 54.4 Å². The van der Waals surface area contributed by atoms with Crippen molar-refractivity contribution in [1.29, 1.82) is 0 Å². The number of rotatable bonds is 4. The van der Waals surface area contributed by atoms with Crippen LogP contribution in [-0.4, -0.2) is 74.9 Å². The Hall–Kier alpha value is 0.720. The predicted octanol–water partition coefficient (Wildman–Crippen LogP) is -5.04. The van der Waals surface area contributed by atoms with Gasteiger partial charge in [-0.05, 0) is 5.92 Å². The molecule has 0 aromatic carbocycles. The highest BCUT2D eigenvalue weighted by Gasteiger charge is 2.59. The van der Waals surface area contributed by atoms with E-state index in [1.807, 2.05) is 0 Å². The van der Waals surface area contributed by atoms with Crippen molar-refractivity contribution in [3.05, 3.63) is 0 Å². The van der Waals surface area contributed by atoms with Gasteiger partial charge in [-0.2, -0.15) is 0 Å². The van der Waals surface area contributed by atoms with Gasteiger partial charge in [0.1, 0.15) is 11.6 Å². The van der Waals surface area contributed by atoms with Gasteiger partial charge >= 0.3 is 0 Å². The molecule has 1 aliphatic heterocycles. The number of likely N-dealkylation sites (tertiary alicyclic amines) is 1. The van der Waals surface area contributed by atoms with Crippen molar-refractivity contribution in [1.82, 2.24) is 0 Å². The summed E-state index contributed by atoms with van der Waals surface area (Å²) in [6.45, 7) is 4.60. The number of nitrogens with zero attached hydrogens (tertiary/aromatic N) is 2. The molecule has 3 saturated carbocycles. The molecule has 6 heteroatoms. The van der Waals surface area contributed by atoms with Crippen LogP contribution in [0.2, 0.25) is 0 Å². The van der Waals surface area contributed by atoms with Gasteiger partial charge in [-0.25, -0.2) is 0 Å². The Labute approximate surface area is 174 Å². The lowest BCUT2D eigenvalue weighted by Gasteiger charge is -2.40. The smallest absolute Gasteiger partial charge is 0.144 e. The van der Waals surface area contributed by atoms with Crippen LogP contribution in [0.4, 0.5) is 0 Å². The van der Waals surface area contributed by atoms with Gasteiger partial charge in [0, 0.05) is 31.1 Å². The quantitative estimate of drug-likeness (QED) is 0.201. The Morgan fingerprint density at radius 1 is 1.00 bits per heavy atom. The first-order valence-corrected chi connectivity index (χ1v) is 8.38. The third-order valence-corrected chi connectivity index (χ3v) is 6.03. The Bertz CT molecular complexity index is 460. The molecule has 3 atom stereocenters. The number of hydrogen-bond donors (Lipinski definition) is 0. The topological polar surface area (TPSA) is 34.1 Å². The summed E-state index contributed by atoms with van der Waals surface area (Å²) in [6.07, 6.45) is 2.57. The molecule has 0 N–H and O–H groups in total.